The summed E-state index contributed by atoms with van der Waals surface area (Å²) in [6.07, 6.45) is 1.06. The molecule has 1 aliphatic rings. The van der Waals surface area contributed by atoms with Gasteiger partial charge in [0.15, 0.2) is 5.96 Å². The maximum atomic E-state index is 11.9. The van der Waals surface area contributed by atoms with Gasteiger partial charge in [-0.25, -0.2) is 0 Å². The molecule has 6 heteroatoms. The minimum atomic E-state index is -0.119. The quantitative estimate of drug-likeness (QED) is 0.486. The van der Waals surface area contributed by atoms with Gasteiger partial charge in [-0.1, -0.05) is 19.9 Å². The van der Waals surface area contributed by atoms with E-state index in [1.54, 1.807) is 11.3 Å². The van der Waals surface area contributed by atoms with Gasteiger partial charge in [-0.3, -0.25) is 9.79 Å². The highest BCUT2D eigenvalue weighted by atomic mass is 32.1. The topological polar surface area (TPSA) is 53.9 Å². The molecule has 0 aromatic carbocycles. The van der Waals surface area contributed by atoms with Crippen LogP contribution in [0.1, 0.15) is 25.6 Å². The summed E-state index contributed by atoms with van der Waals surface area (Å²) in [6.45, 7) is 9.53. The molecule has 1 N–H and O–H groups in total. The van der Waals surface area contributed by atoms with E-state index in [0.717, 1.165) is 32.0 Å². The van der Waals surface area contributed by atoms with Crippen molar-refractivity contribution in [2.45, 2.75) is 27.2 Å². The zero-order valence-electron chi connectivity index (χ0n) is 15.1. The maximum absolute atomic E-state index is 11.9. The number of methoxy groups -OCH3 is 1. The van der Waals surface area contributed by atoms with E-state index >= 15 is 0 Å². The molecular formula is C18H29N3O2S. The lowest BCUT2D eigenvalue weighted by atomic mass is 9.99. The largest absolute Gasteiger partial charge is 0.469 e. The highest BCUT2D eigenvalue weighted by Crippen LogP contribution is 2.24. The van der Waals surface area contributed by atoms with E-state index in [1.807, 2.05) is 0 Å². The first kappa shape index (κ1) is 18.8. The van der Waals surface area contributed by atoms with Gasteiger partial charge in [0.05, 0.1) is 13.0 Å². The second kappa shape index (κ2) is 9.06. The smallest absolute Gasteiger partial charge is 0.310 e. The number of nitrogens with one attached hydrogen (secondary N) is 1. The van der Waals surface area contributed by atoms with Gasteiger partial charge in [-0.15, -0.1) is 11.3 Å². The lowest BCUT2D eigenvalue weighted by Crippen LogP contribution is -2.41. The lowest BCUT2D eigenvalue weighted by Gasteiger charge is -2.22. The van der Waals surface area contributed by atoms with Crippen molar-refractivity contribution >= 4 is 23.3 Å². The van der Waals surface area contributed by atoms with Gasteiger partial charge in [0, 0.05) is 31.1 Å². The van der Waals surface area contributed by atoms with Crippen LogP contribution in [0.4, 0.5) is 0 Å². The first-order valence-electron chi connectivity index (χ1n) is 8.68. The predicted octanol–water partition coefficient (Wildman–Crippen LogP) is 2.63. The van der Waals surface area contributed by atoms with Crippen molar-refractivity contribution in [1.29, 1.82) is 0 Å². The molecule has 0 amide bonds. The number of ether oxygens (including phenoxy) is 1. The Bertz CT molecular complexity index is 544. The number of carbonyl (C=O) groups excluding carboxylic acids is 1. The molecule has 1 fully saturated rings. The first-order chi connectivity index (χ1) is 11.5. The summed E-state index contributed by atoms with van der Waals surface area (Å²) in [5.74, 6) is 1.50. The van der Waals surface area contributed by atoms with E-state index in [2.05, 4.69) is 48.5 Å². The highest BCUT2D eigenvalue weighted by molar-refractivity contribution is 7.09. The van der Waals surface area contributed by atoms with Crippen LogP contribution in [-0.4, -0.2) is 50.1 Å². The normalized spacial score (nSPS) is 22.5. The van der Waals surface area contributed by atoms with Gasteiger partial charge >= 0.3 is 5.97 Å². The van der Waals surface area contributed by atoms with Crippen LogP contribution < -0.4 is 5.32 Å². The zero-order valence-corrected chi connectivity index (χ0v) is 15.9. The van der Waals surface area contributed by atoms with E-state index in [-0.39, 0.29) is 17.8 Å². The van der Waals surface area contributed by atoms with E-state index in [9.17, 15) is 4.79 Å². The monoisotopic (exact) mass is 351 g/mol. The summed E-state index contributed by atoms with van der Waals surface area (Å²) in [6, 6.07) is 4.28. The second-order valence-corrected chi connectivity index (χ2v) is 7.63. The number of rotatable bonds is 6. The molecule has 2 heterocycles. The van der Waals surface area contributed by atoms with Crippen molar-refractivity contribution in [3.05, 3.63) is 22.4 Å². The summed E-state index contributed by atoms with van der Waals surface area (Å²) < 4.78 is 4.92. The number of carbonyl (C=O) groups is 1. The van der Waals surface area contributed by atoms with Crippen molar-refractivity contribution in [3.63, 3.8) is 0 Å². The van der Waals surface area contributed by atoms with Crippen molar-refractivity contribution in [3.8, 4) is 0 Å². The van der Waals surface area contributed by atoms with Crippen LogP contribution in [0.25, 0.3) is 0 Å². The van der Waals surface area contributed by atoms with E-state index in [0.29, 0.717) is 12.5 Å². The van der Waals surface area contributed by atoms with Crippen LogP contribution in [0.3, 0.4) is 0 Å². The molecule has 5 nitrogen and oxygen atoms in total. The lowest BCUT2D eigenvalue weighted by molar-refractivity contribution is -0.145. The van der Waals surface area contributed by atoms with Crippen molar-refractivity contribution in [2.75, 3.05) is 33.3 Å². The maximum Gasteiger partial charge on any atom is 0.310 e. The summed E-state index contributed by atoms with van der Waals surface area (Å²) in [4.78, 5) is 20.3. The number of likely N-dealkylation sites (tertiary alicyclic amines) is 1. The van der Waals surface area contributed by atoms with Crippen LogP contribution in [0.15, 0.2) is 22.5 Å². The SMILES string of the molecule is CCNC(=NCC(C)Cc1cccs1)N1CC(C)C(C(=O)OC)C1. The zero-order chi connectivity index (χ0) is 17.5. The highest BCUT2D eigenvalue weighted by Gasteiger charge is 2.36. The number of aliphatic imine (C=N–C) groups is 1. The fourth-order valence-electron chi connectivity index (χ4n) is 3.10. The molecule has 1 aromatic heterocycles. The van der Waals surface area contributed by atoms with Crippen LogP contribution in [0, 0.1) is 17.8 Å². The van der Waals surface area contributed by atoms with Gasteiger partial charge in [-0.05, 0) is 36.6 Å². The number of hydrogen-bond donors (Lipinski definition) is 1. The molecule has 1 aliphatic heterocycles. The number of hydrogen-bond acceptors (Lipinski definition) is 4. The Kier molecular flexibility index (Phi) is 7.09. The average Bonchev–Trinajstić information content (AvgIpc) is 3.20. The van der Waals surface area contributed by atoms with Crippen LogP contribution >= 0.6 is 11.3 Å². The van der Waals surface area contributed by atoms with Crippen LogP contribution in [-0.2, 0) is 16.0 Å². The molecule has 0 bridgehead atoms. The van der Waals surface area contributed by atoms with E-state index in [4.69, 9.17) is 9.73 Å². The Morgan fingerprint density at radius 1 is 1.54 bits per heavy atom. The Morgan fingerprint density at radius 3 is 2.96 bits per heavy atom. The fourth-order valence-corrected chi connectivity index (χ4v) is 3.97. The third kappa shape index (κ3) is 4.97. The molecule has 24 heavy (non-hydrogen) atoms. The average molecular weight is 352 g/mol. The van der Waals surface area contributed by atoms with Gasteiger partial charge in [0.25, 0.3) is 0 Å². The van der Waals surface area contributed by atoms with E-state index < -0.39 is 0 Å². The van der Waals surface area contributed by atoms with Crippen LogP contribution in [0.2, 0.25) is 0 Å². The van der Waals surface area contributed by atoms with Gasteiger partial charge in [0.2, 0.25) is 0 Å². The summed E-state index contributed by atoms with van der Waals surface area (Å²) in [5, 5.41) is 5.48. The molecule has 0 radical (unpaired) electrons. The van der Waals surface area contributed by atoms with Gasteiger partial charge in [0.1, 0.15) is 0 Å². The Balaban J connectivity index is 1.96. The first-order valence-corrected chi connectivity index (χ1v) is 9.56. The molecule has 3 atom stereocenters. The minimum Gasteiger partial charge on any atom is -0.469 e. The third-order valence-corrected chi connectivity index (χ3v) is 5.33. The molecule has 2 rings (SSSR count). The fraction of sp³-hybridized carbons (Fsp3) is 0.667. The number of nitrogens with zero attached hydrogens (tertiary/aromatic N) is 2. The Morgan fingerprint density at radius 2 is 2.33 bits per heavy atom. The minimum absolute atomic E-state index is 0.0672. The summed E-state index contributed by atoms with van der Waals surface area (Å²) >= 11 is 1.80. The van der Waals surface area contributed by atoms with Crippen molar-refractivity contribution in [1.82, 2.24) is 10.2 Å². The summed E-state index contributed by atoms with van der Waals surface area (Å²) in [5.41, 5.74) is 0. The third-order valence-electron chi connectivity index (χ3n) is 4.43. The predicted molar refractivity (Wildman–Crippen MR) is 99.4 cm³/mol. The van der Waals surface area contributed by atoms with Crippen molar-refractivity contribution in [2.24, 2.45) is 22.7 Å². The van der Waals surface area contributed by atoms with Crippen molar-refractivity contribution < 1.29 is 9.53 Å². The number of esters is 1. The number of thiophene rings is 1. The molecular weight excluding hydrogens is 322 g/mol. The number of guanidine groups is 1. The molecule has 1 aromatic rings. The van der Waals surface area contributed by atoms with Gasteiger partial charge in [-0.2, -0.15) is 0 Å². The Labute approximate surface area is 149 Å². The molecule has 134 valence electrons. The molecule has 1 saturated heterocycles. The Hall–Kier alpha value is -1.56. The molecule has 3 unspecified atom stereocenters. The molecule has 0 saturated carbocycles. The molecule has 0 aliphatic carbocycles. The standard InChI is InChI=1S/C18H29N3O2S/c1-5-19-18(20-10-13(2)9-15-7-6-8-24-15)21-11-14(3)16(12-21)17(22)23-4/h6-8,13-14,16H,5,9-12H2,1-4H3,(H,19,20). The van der Waals surface area contributed by atoms with E-state index in [1.165, 1.54) is 12.0 Å². The van der Waals surface area contributed by atoms with Gasteiger partial charge < -0.3 is 15.0 Å². The molecule has 0 spiro atoms. The summed E-state index contributed by atoms with van der Waals surface area (Å²) in [7, 11) is 1.46. The second-order valence-electron chi connectivity index (χ2n) is 6.60. The van der Waals surface area contributed by atoms with Crippen LogP contribution in [0.5, 0.6) is 0 Å².